The summed E-state index contributed by atoms with van der Waals surface area (Å²) in [4.78, 5) is 14.2. The highest BCUT2D eigenvalue weighted by Crippen LogP contribution is 2.23. The summed E-state index contributed by atoms with van der Waals surface area (Å²) in [6.45, 7) is 2.04. The lowest BCUT2D eigenvalue weighted by molar-refractivity contribution is -0.133. The number of nitrogens with zero attached hydrogens (tertiary/aromatic N) is 3. The van der Waals surface area contributed by atoms with Crippen LogP contribution in [0.4, 0.5) is 0 Å². The largest absolute Gasteiger partial charge is 0.497 e. The third kappa shape index (κ3) is 4.12. The lowest BCUT2D eigenvalue weighted by Gasteiger charge is -2.32. The molecule has 5 heteroatoms. The number of amides is 1. The summed E-state index contributed by atoms with van der Waals surface area (Å²) in [5, 5.41) is 4.09. The molecule has 0 N–H and O–H groups in total. The van der Waals surface area contributed by atoms with E-state index in [1.807, 2.05) is 29.3 Å². The van der Waals surface area contributed by atoms with Crippen molar-refractivity contribution in [2.24, 2.45) is 5.92 Å². The van der Waals surface area contributed by atoms with Crippen LogP contribution in [0.15, 0.2) is 42.7 Å². The Hall–Kier alpha value is -2.30. The van der Waals surface area contributed by atoms with Crippen molar-refractivity contribution >= 4 is 5.91 Å². The molecule has 3 rings (SSSR count). The first-order chi connectivity index (χ1) is 11.2. The van der Waals surface area contributed by atoms with E-state index < -0.39 is 0 Å². The van der Waals surface area contributed by atoms with Gasteiger partial charge in [0, 0.05) is 25.5 Å². The number of carbonyl (C=O) groups excluding carboxylic acids is 1. The number of aromatic nitrogens is 2. The number of likely N-dealkylation sites (tertiary alicyclic amines) is 1. The highest BCUT2D eigenvalue weighted by molar-refractivity contribution is 5.75. The number of rotatable bonds is 5. The van der Waals surface area contributed by atoms with E-state index in [1.165, 1.54) is 5.56 Å². The lowest BCUT2D eigenvalue weighted by atomic mass is 9.90. The third-order valence-electron chi connectivity index (χ3n) is 4.51. The maximum absolute atomic E-state index is 12.3. The maximum atomic E-state index is 12.3. The van der Waals surface area contributed by atoms with Gasteiger partial charge in [-0.1, -0.05) is 12.1 Å². The fraction of sp³-hybridized carbons (Fsp3) is 0.444. The molecule has 122 valence electrons. The van der Waals surface area contributed by atoms with Gasteiger partial charge in [0.2, 0.25) is 5.91 Å². The first kappa shape index (κ1) is 15.6. The number of hydrogen-bond donors (Lipinski definition) is 0. The molecule has 1 fully saturated rings. The predicted molar refractivity (Wildman–Crippen MR) is 88.2 cm³/mol. The van der Waals surface area contributed by atoms with E-state index in [-0.39, 0.29) is 5.91 Å². The van der Waals surface area contributed by atoms with Crippen LogP contribution in [0.1, 0.15) is 18.4 Å². The molecule has 1 aromatic carbocycles. The van der Waals surface area contributed by atoms with Gasteiger partial charge < -0.3 is 9.64 Å². The summed E-state index contributed by atoms with van der Waals surface area (Å²) in [6.07, 6.45) is 6.74. The highest BCUT2D eigenvalue weighted by Gasteiger charge is 2.23. The van der Waals surface area contributed by atoms with Crippen LogP contribution < -0.4 is 4.74 Å². The van der Waals surface area contributed by atoms with E-state index in [0.29, 0.717) is 12.5 Å². The minimum atomic E-state index is 0.164. The van der Waals surface area contributed by atoms with Crippen molar-refractivity contribution in [3.63, 3.8) is 0 Å². The Morgan fingerprint density at radius 3 is 2.61 bits per heavy atom. The second-order valence-corrected chi connectivity index (χ2v) is 6.08. The van der Waals surface area contributed by atoms with E-state index in [1.54, 1.807) is 18.0 Å². The molecule has 0 bridgehead atoms. The molecule has 1 saturated heterocycles. The minimum absolute atomic E-state index is 0.164. The van der Waals surface area contributed by atoms with Gasteiger partial charge in [0.15, 0.2) is 0 Å². The molecule has 1 aromatic heterocycles. The number of ether oxygens (including phenoxy) is 1. The van der Waals surface area contributed by atoms with Crippen molar-refractivity contribution < 1.29 is 9.53 Å². The van der Waals surface area contributed by atoms with Gasteiger partial charge in [-0.05, 0) is 48.9 Å². The third-order valence-corrected chi connectivity index (χ3v) is 4.51. The molecular weight excluding hydrogens is 290 g/mol. The second-order valence-electron chi connectivity index (χ2n) is 6.08. The topological polar surface area (TPSA) is 47.4 Å². The summed E-state index contributed by atoms with van der Waals surface area (Å²) >= 11 is 0. The van der Waals surface area contributed by atoms with Crippen molar-refractivity contribution in [3.05, 3.63) is 48.3 Å². The summed E-state index contributed by atoms with van der Waals surface area (Å²) in [6, 6.07) is 10.1. The zero-order valence-electron chi connectivity index (χ0n) is 13.5. The van der Waals surface area contributed by atoms with E-state index in [4.69, 9.17) is 4.74 Å². The molecule has 0 saturated carbocycles. The Morgan fingerprint density at radius 1 is 1.26 bits per heavy atom. The molecule has 23 heavy (non-hydrogen) atoms. The number of methoxy groups -OCH3 is 1. The number of hydrogen-bond acceptors (Lipinski definition) is 3. The van der Waals surface area contributed by atoms with Gasteiger partial charge >= 0.3 is 0 Å². The van der Waals surface area contributed by atoms with Gasteiger partial charge in [0.25, 0.3) is 0 Å². The van der Waals surface area contributed by atoms with Gasteiger partial charge in [-0.2, -0.15) is 5.10 Å². The molecule has 0 spiro atoms. The van der Waals surface area contributed by atoms with E-state index in [9.17, 15) is 4.79 Å². The zero-order chi connectivity index (χ0) is 16.1. The fourth-order valence-corrected chi connectivity index (χ4v) is 3.11. The Labute approximate surface area is 136 Å². The minimum Gasteiger partial charge on any atom is -0.497 e. The molecule has 0 atom stereocenters. The van der Waals surface area contributed by atoms with Crippen LogP contribution in [-0.4, -0.2) is 40.8 Å². The Bertz CT molecular complexity index is 614. The second kappa shape index (κ2) is 7.31. The van der Waals surface area contributed by atoms with E-state index >= 15 is 0 Å². The van der Waals surface area contributed by atoms with E-state index in [2.05, 4.69) is 17.2 Å². The SMILES string of the molecule is COc1ccc(CC2CCN(C(=O)Cn3cccn3)CC2)cc1. The summed E-state index contributed by atoms with van der Waals surface area (Å²) in [7, 11) is 1.69. The average Bonchev–Trinajstić information content (AvgIpc) is 3.09. The fourth-order valence-electron chi connectivity index (χ4n) is 3.11. The monoisotopic (exact) mass is 313 g/mol. The van der Waals surface area contributed by atoms with Crippen LogP contribution >= 0.6 is 0 Å². The maximum Gasteiger partial charge on any atom is 0.244 e. The number of benzene rings is 1. The highest BCUT2D eigenvalue weighted by atomic mass is 16.5. The van der Waals surface area contributed by atoms with Gasteiger partial charge in [0.1, 0.15) is 12.3 Å². The normalized spacial score (nSPS) is 15.6. The quantitative estimate of drug-likeness (QED) is 0.851. The van der Waals surface area contributed by atoms with Crippen molar-refractivity contribution in [1.29, 1.82) is 0 Å². The van der Waals surface area contributed by atoms with Crippen LogP contribution in [0, 0.1) is 5.92 Å². The molecule has 1 aliphatic rings. The molecule has 1 amide bonds. The Morgan fingerprint density at radius 2 is 2.00 bits per heavy atom. The van der Waals surface area contributed by atoms with Gasteiger partial charge in [-0.25, -0.2) is 0 Å². The van der Waals surface area contributed by atoms with Crippen molar-refractivity contribution in [2.45, 2.75) is 25.8 Å². The smallest absolute Gasteiger partial charge is 0.244 e. The van der Waals surface area contributed by atoms with E-state index in [0.717, 1.165) is 38.1 Å². The summed E-state index contributed by atoms with van der Waals surface area (Å²) < 4.78 is 6.88. The van der Waals surface area contributed by atoms with Crippen LogP contribution in [-0.2, 0) is 17.8 Å². The van der Waals surface area contributed by atoms with Crippen LogP contribution in [0.25, 0.3) is 0 Å². The summed E-state index contributed by atoms with van der Waals surface area (Å²) in [5.41, 5.74) is 1.34. The van der Waals surface area contributed by atoms with Crippen molar-refractivity contribution in [3.8, 4) is 5.75 Å². The first-order valence-corrected chi connectivity index (χ1v) is 8.13. The van der Waals surface area contributed by atoms with Crippen molar-refractivity contribution in [1.82, 2.24) is 14.7 Å². The van der Waals surface area contributed by atoms with Crippen molar-refractivity contribution in [2.75, 3.05) is 20.2 Å². The molecule has 0 radical (unpaired) electrons. The van der Waals surface area contributed by atoms with Crippen LogP contribution in [0.5, 0.6) is 5.75 Å². The predicted octanol–water partition coefficient (Wildman–Crippen LogP) is 2.37. The number of carbonyl (C=O) groups is 1. The van der Waals surface area contributed by atoms with Gasteiger partial charge in [0.05, 0.1) is 7.11 Å². The molecule has 2 aromatic rings. The van der Waals surface area contributed by atoms with Gasteiger partial charge in [-0.3, -0.25) is 9.48 Å². The molecule has 1 aliphatic heterocycles. The van der Waals surface area contributed by atoms with Crippen LogP contribution in [0.3, 0.4) is 0 Å². The Balaban J connectivity index is 1.47. The summed E-state index contributed by atoms with van der Waals surface area (Å²) in [5.74, 6) is 1.71. The van der Waals surface area contributed by atoms with Crippen LogP contribution in [0.2, 0.25) is 0 Å². The average molecular weight is 313 g/mol. The Kier molecular flexibility index (Phi) is 4.95. The zero-order valence-corrected chi connectivity index (χ0v) is 13.5. The molecule has 2 heterocycles. The lowest BCUT2D eigenvalue weighted by Crippen LogP contribution is -2.40. The van der Waals surface area contributed by atoms with Gasteiger partial charge in [-0.15, -0.1) is 0 Å². The molecule has 5 nitrogen and oxygen atoms in total. The molecule has 0 aliphatic carbocycles. The standard InChI is InChI=1S/C18H23N3O2/c1-23-17-5-3-15(4-6-17)13-16-7-11-20(12-8-16)18(22)14-21-10-2-9-19-21/h2-6,9-10,16H,7-8,11-14H2,1H3. The first-order valence-electron chi connectivity index (χ1n) is 8.13. The number of piperidine rings is 1. The molecular formula is C18H23N3O2. The molecule has 0 unspecified atom stereocenters.